The number of hydrogen-bond acceptors (Lipinski definition) is 1. The highest BCUT2D eigenvalue weighted by Crippen LogP contribution is 2.19. The summed E-state index contributed by atoms with van der Waals surface area (Å²) in [5, 5.41) is 3.41. The molecule has 14 heavy (non-hydrogen) atoms. The van der Waals surface area contributed by atoms with Crippen LogP contribution >= 0.6 is 0 Å². The van der Waals surface area contributed by atoms with E-state index < -0.39 is 0 Å². The third kappa shape index (κ3) is 2.71. The highest BCUT2D eigenvalue weighted by molar-refractivity contribution is 5.22. The third-order valence-electron chi connectivity index (χ3n) is 2.56. The highest BCUT2D eigenvalue weighted by Gasteiger charge is 2.13. The van der Waals surface area contributed by atoms with Crippen LogP contribution in [0.2, 0.25) is 0 Å². The maximum atomic E-state index is 3.86. The van der Waals surface area contributed by atoms with Crippen LogP contribution in [0.25, 0.3) is 0 Å². The van der Waals surface area contributed by atoms with Gasteiger partial charge in [0.25, 0.3) is 0 Å². The minimum absolute atomic E-state index is 0.363. The monoisotopic (exact) mass is 189 g/mol. The zero-order valence-electron chi connectivity index (χ0n) is 9.03. The summed E-state index contributed by atoms with van der Waals surface area (Å²) >= 11 is 0. The molecule has 1 aromatic carbocycles. The minimum Gasteiger partial charge on any atom is -0.310 e. The Kier molecular flexibility index (Phi) is 4.41. The zero-order chi connectivity index (χ0) is 10.4. The second kappa shape index (κ2) is 5.61. The van der Waals surface area contributed by atoms with Crippen molar-refractivity contribution in [2.45, 2.75) is 25.8 Å². The molecular weight excluding hydrogens is 170 g/mol. The molecule has 1 rings (SSSR count). The average Bonchev–Trinajstić information content (AvgIpc) is 2.26. The lowest BCUT2D eigenvalue weighted by atomic mass is 9.93. The molecule has 0 bridgehead atoms. The van der Waals surface area contributed by atoms with E-state index >= 15 is 0 Å². The average molecular weight is 189 g/mol. The molecule has 0 saturated carbocycles. The SMILES string of the molecule is C=CC(NCC)C(C)c1ccccc1. The summed E-state index contributed by atoms with van der Waals surface area (Å²) in [5.74, 6) is 0.480. The molecule has 0 saturated heterocycles. The van der Waals surface area contributed by atoms with Crippen molar-refractivity contribution in [1.82, 2.24) is 5.32 Å². The molecular formula is C13H19N. The van der Waals surface area contributed by atoms with Crippen molar-refractivity contribution in [2.75, 3.05) is 6.54 Å². The summed E-state index contributed by atoms with van der Waals surface area (Å²) in [4.78, 5) is 0. The predicted octanol–water partition coefficient (Wildman–Crippen LogP) is 2.95. The van der Waals surface area contributed by atoms with Gasteiger partial charge >= 0.3 is 0 Å². The van der Waals surface area contributed by atoms with Crippen LogP contribution in [-0.4, -0.2) is 12.6 Å². The summed E-state index contributed by atoms with van der Waals surface area (Å²) in [6, 6.07) is 10.9. The van der Waals surface area contributed by atoms with Gasteiger partial charge in [-0.25, -0.2) is 0 Å². The van der Waals surface area contributed by atoms with Crippen LogP contribution in [0.3, 0.4) is 0 Å². The number of benzene rings is 1. The maximum absolute atomic E-state index is 3.86. The summed E-state index contributed by atoms with van der Waals surface area (Å²) in [6.07, 6.45) is 1.99. The largest absolute Gasteiger partial charge is 0.310 e. The Morgan fingerprint density at radius 2 is 2.00 bits per heavy atom. The van der Waals surface area contributed by atoms with E-state index in [1.165, 1.54) is 5.56 Å². The second-order valence-corrected chi connectivity index (χ2v) is 3.52. The Morgan fingerprint density at radius 1 is 1.36 bits per heavy atom. The maximum Gasteiger partial charge on any atom is 0.0313 e. The minimum atomic E-state index is 0.363. The van der Waals surface area contributed by atoms with E-state index in [-0.39, 0.29) is 0 Å². The Bertz CT molecular complexity index is 266. The molecule has 0 aromatic heterocycles. The van der Waals surface area contributed by atoms with Crippen LogP contribution in [0.1, 0.15) is 25.3 Å². The van der Waals surface area contributed by atoms with Crippen molar-refractivity contribution in [2.24, 2.45) is 0 Å². The number of rotatable bonds is 5. The molecule has 1 nitrogen and oxygen atoms in total. The molecule has 0 spiro atoms. The molecule has 2 atom stereocenters. The van der Waals surface area contributed by atoms with Gasteiger partial charge in [-0.05, 0) is 18.0 Å². The van der Waals surface area contributed by atoms with Crippen LogP contribution in [-0.2, 0) is 0 Å². The van der Waals surface area contributed by atoms with Crippen molar-refractivity contribution in [3.05, 3.63) is 48.6 Å². The van der Waals surface area contributed by atoms with Gasteiger partial charge in [0.15, 0.2) is 0 Å². The molecule has 1 N–H and O–H groups in total. The highest BCUT2D eigenvalue weighted by atomic mass is 14.9. The fourth-order valence-corrected chi connectivity index (χ4v) is 1.66. The smallest absolute Gasteiger partial charge is 0.0313 e. The van der Waals surface area contributed by atoms with Crippen molar-refractivity contribution in [3.8, 4) is 0 Å². The van der Waals surface area contributed by atoms with Crippen molar-refractivity contribution >= 4 is 0 Å². The molecule has 0 heterocycles. The van der Waals surface area contributed by atoms with E-state index in [1.807, 2.05) is 12.1 Å². The van der Waals surface area contributed by atoms with Gasteiger partial charge in [-0.2, -0.15) is 0 Å². The van der Waals surface area contributed by atoms with Crippen LogP contribution < -0.4 is 5.32 Å². The van der Waals surface area contributed by atoms with E-state index in [9.17, 15) is 0 Å². The van der Waals surface area contributed by atoms with Gasteiger partial charge in [0, 0.05) is 6.04 Å². The molecule has 0 aliphatic rings. The summed E-state index contributed by atoms with van der Waals surface area (Å²) in [5.41, 5.74) is 1.36. The third-order valence-corrected chi connectivity index (χ3v) is 2.56. The Morgan fingerprint density at radius 3 is 2.50 bits per heavy atom. The van der Waals surface area contributed by atoms with Crippen LogP contribution in [0.4, 0.5) is 0 Å². The Hall–Kier alpha value is -1.08. The fourth-order valence-electron chi connectivity index (χ4n) is 1.66. The second-order valence-electron chi connectivity index (χ2n) is 3.52. The van der Waals surface area contributed by atoms with Crippen molar-refractivity contribution in [1.29, 1.82) is 0 Å². The predicted molar refractivity (Wildman–Crippen MR) is 62.5 cm³/mol. The molecule has 0 aliphatic heterocycles. The Labute approximate surface area is 86.8 Å². The van der Waals surface area contributed by atoms with Gasteiger partial charge in [-0.15, -0.1) is 6.58 Å². The van der Waals surface area contributed by atoms with E-state index in [0.717, 1.165) is 6.54 Å². The number of likely N-dealkylation sites (N-methyl/N-ethyl adjacent to an activating group) is 1. The molecule has 2 unspecified atom stereocenters. The summed E-state index contributed by atoms with van der Waals surface area (Å²) in [7, 11) is 0. The van der Waals surface area contributed by atoms with Gasteiger partial charge in [0.1, 0.15) is 0 Å². The molecule has 0 aliphatic carbocycles. The lowest BCUT2D eigenvalue weighted by Gasteiger charge is -2.21. The molecule has 1 heteroatoms. The lowest BCUT2D eigenvalue weighted by Crippen LogP contribution is -2.31. The van der Waals surface area contributed by atoms with Gasteiger partial charge in [-0.3, -0.25) is 0 Å². The standard InChI is InChI=1S/C13H19N/c1-4-13(14-5-2)11(3)12-9-7-6-8-10-12/h4,6-11,13-14H,1,5H2,2-3H3. The van der Waals surface area contributed by atoms with Crippen LogP contribution in [0.15, 0.2) is 43.0 Å². The van der Waals surface area contributed by atoms with E-state index in [2.05, 4.69) is 50.0 Å². The van der Waals surface area contributed by atoms with Gasteiger partial charge in [0.2, 0.25) is 0 Å². The van der Waals surface area contributed by atoms with Gasteiger partial charge in [0.05, 0.1) is 0 Å². The summed E-state index contributed by atoms with van der Waals surface area (Å²) < 4.78 is 0. The molecule has 0 fully saturated rings. The normalized spacial score (nSPS) is 14.7. The quantitative estimate of drug-likeness (QED) is 0.702. The van der Waals surface area contributed by atoms with E-state index in [4.69, 9.17) is 0 Å². The summed E-state index contributed by atoms with van der Waals surface area (Å²) in [6.45, 7) is 9.19. The van der Waals surface area contributed by atoms with Gasteiger partial charge in [-0.1, -0.05) is 50.3 Å². The van der Waals surface area contributed by atoms with E-state index in [1.54, 1.807) is 0 Å². The lowest BCUT2D eigenvalue weighted by molar-refractivity contribution is 0.538. The number of hydrogen-bond donors (Lipinski definition) is 1. The molecule has 1 aromatic rings. The Balaban J connectivity index is 2.72. The molecule has 0 amide bonds. The van der Waals surface area contributed by atoms with Gasteiger partial charge < -0.3 is 5.32 Å². The first kappa shape index (κ1) is 11.0. The molecule has 0 radical (unpaired) electrons. The molecule has 76 valence electrons. The first-order chi connectivity index (χ1) is 6.79. The van der Waals surface area contributed by atoms with Crippen LogP contribution in [0, 0.1) is 0 Å². The van der Waals surface area contributed by atoms with Crippen LogP contribution in [0.5, 0.6) is 0 Å². The van der Waals surface area contributed by atoms with Crippen molar-refractivity contribution in [3.63, 3.8) is 0 Å². The number of nitrogens with one attached hydrogen (secondary N) is 1. The van der Waals surface area contributed by atoms with E-state index in [0.29, 0.717) is 12.0 Å². The first-order valence-corrected chi connectivity index (χ1v) is 5.20. The van der Waals surface area contributed by atoms with Crippen molar-refractivity contribution < 1.29 is 0 Å². The fraction of sp³-hybridized carbons (Fsp3) is 0.385. The first-order valence-electron chi connectivity index (χ1n) is 5.20. The zero-order valence-corrected chi connectivity index (χ0v) is 9.03. The topological polar surface area (TPSA) is 12.0 Å².